The molecule has 0 saturated carbocycles. The molecule has 2 aromatic rings. The molecule has 0 amide bonds. The van der Waals surface area contributed by atoms with Gasteiger partial charge >= 0.3 is 0 Å². The summed E-state index contributed by atoms with van der Waals surface area (Å²) in [6, 6.07) is 19.3. The summed E-state index contributed by atoms with van der Waals surface area (Å²) in [4.78, 5) is 0. The zero-order valence-electron chi connectivity index (χ0n) is 21.6. The maximum absolute atomic E-state index is 5.91. The van der Waals surface area contributed by atoms with E-state index in [1.54, 1.807) is 0 Å². The molecule has 0 radical (unpaired) electrons. The molecule has 0 spiro atoms. The van der Waals surface area contributed by atoms with Crippen molar-refractivity contribution in [1.82, 2.24) is 0 Å². The van der Waals surface area contributed by atoms with Crippen LogP contribution in [0.4, 0.5) is 0 Å². The van der Waals surface area contributed by atoms with Gasteiger partial charge in [0.2, 0.25) is 0 Å². The largest absolute Gasteiger partial charge is 0.491 e. The second kappa shape index (κ2) is 11.9. The zero-order valence-corrected chi connectivity index (χ0v) is 21.6. The van der Waals surface area contributed by atoms with Crippen LogP contribution in [0, 0.1) is 5.41 Å². The highest BCUT2D eigenvalue weighted by Crippen LogP contribution is 2.39. The summed E-state index contributed by atoms with van der Waals surface area (Å²) in [5.74, 6) is 0.918. The van der Waals surface area contributed by atoms with E-state index in [0.29, 0.717) is 18.6 Å². The van der Waals surface area contributed by atoms with Crippen LogP contribution in [-0.4, -0.2) is 44.9 Å². The van der Waals surface area contributed by atoms with Gasteiger partial charge in [-0.2, -0.15) is 0 Å². The third-order valence-corrected chi connectivity index (χ3v) is 6.27. The summed E-state index contributed by atoms with van der Waals surface area (Å²) in [5.41, 5.74) is 3.26. The molecular formula is C29H46NO2+. The van der Waals surface area contributed by atoms with Crippen LogP contribution in [0.1, 0.15) is 65.0 Å². The number of nitrogens with zero attached hydrogens (tertiary/aromatic N) is 1. The lowest BCUT2D eigenvalue weighted by atomic mass is 9.70. The Kier molecular flexibility index (Phi) is 9.79. The average molecular weight is 441 g/mol. The first-order valence-corrected chi connectivity index (χ1v) is 12.2. The van der Waals surface area contributed by atoms with Gasteiger partial charge in [0.15, 0.2) is 0 Å². The summed E-state index contributed by atoms with van der Waals surface area (Å²) in [7, 11) is 4.50. The summed E-state index contributed by atoms with van der Waals surface area (Å²) in [6.07, 6.45) is 3.68. The molecule has 0 aromatic heterocycles. The van der Waals surface area contributed by atoms with Gasteiger partial charge in [-0.25, -0.2) is 0 Å². The van der Waals surface area contributed by atoms with Gasteiger partial charge in [-0.3, -0.25) is 0 Å². The Balaban J connectivity index is 1.70. The molecule has 3 nitrogen and oxygen atoms in total. The minimum Gasteiger partial charge on any atom is -0.491 e. The van der Waals surface area contributed by atoms with Gasteiger partial charge in [0.25, 0.3) is 0 Å². The first-order valence-electron chi connectivity index (χ1n) is 12.2. The van der Waals surface area contributed by atoms with Crippen molar-refractivity contribution in [2.75, 3.05) is 40.5 Å². The maximum Gasteiger partial charge on any atom is 0.119 e. The van der Waals surface area contributed by atoms with E-state index in [0.717, 1.165) is 29.9 Å². The quantitative estimate of drug-likeness (QED) is 0.236. The third kappa shape index (κ3) is 9.34. The van der Waals surface area contributed by atoms with Crippen LogP contribution in [0.15, 0.2) is 54.6 Å². The highest BCUT2D eigenvalue weighted by Gasteiger charge is 2.29. The van der Waals surface area contributed by atoms with Crippen molar-refractivity contribution in [1.29, 1.82) is 0 Å². The number of benzene rings is 2. The maximum atomic E-state index is 5.91. The van der Waals surface area contributed by atoms with Crippen molar-refractivity contribution in [3.8, 4) is 5.75 Å². The van der Waals surface area contributed by atoms with Crippen molar-refractivity contribution in [3.63, 3.8) is 0 Å². The van der Waals surface area contributed by atoms with Crippen LogP contribution in [0.5, 0.6) is 5.75 Å². The van der Waals surface area contributed by atoms with E-state index in [4.69, 9.17) is 9.47 Å². The Morgan fingerprint density at radius 1 is 0.812 bits per heavy atom. The number of quaternary nitrogens is 1. The molecule has 0 aliphatic heterocycles. The van der Waals surface area contributed by atoms with Crippen LogP contribution >= 0.6 is 0 Å². The number of rotatable bonds is 14. The van der Waals surface area contributed by atoms with Gasteiger partial charge in [0, 0.05) is 5.56 Å². The fourth-order valence-corrected chi connectivity index (χ4v) is 4.85. The molecular weight excluding hydrogens is 394 g/mol. The molecule has 0 unspecified atom stereocenters. The Labute approximate surface area is 197 Å². The van der Waals surface area contributed by atoms with Crippen molar-refractivity contribution >= 4 is 0 Å². The van der Waals surface area contributed by atoms with E-state index < -0.39 is 0 Å². The van der Waals surface area contributed by atoms with Crippen LogP contribution in [-0.2, 0) is 16.7 Å². The van der Waals surface area contributed by atoms with Gasteiger partial charge < -0.3 is 14.0 Å². The van der Waals surface area contributed by atoms with Gasteiger partial charge in [0.1, 0.15) is 25.4 Å². The Bertz CT molecular complexity index is 779. The monoisotopic (exact) mass is 440 g/mol. The highest BCUT2D eigenvalue weighted by molar-refractivity contribution is 5.31. The van der Waals surface area contributed by atoms with E-state index in [-0.39, 0.29) is 5.41 Å². The first-order chi connectivity index (χ1) is 15.0. The second-order valence-electron chi connectivity index (χ2n) is 11.3. The smallest absolute Gasteiger partial charge is 0.119 e. The minimum atomic E-state index is 0.158. The predicted molar refractivity (Wildman–Crippen MR) is 136 cm³/mol. The SMILES string of the molecule is CCCC(C)(C)CC(C)(C)c1ccc(OCCOCC[N+](C)(C)Cc2ccccc2)cc1. The van der Waals surface area contributed by atoms with Gasteiger partial charge in [-0.1, -0.05) is 83.5 Å². The molecule has 0 fully saturated rings. The fourth-order valence-electron chi connectivity index (χ4n) is 4.85. The number of hydrogen-bond donors (Lipinski definition) is 0. The summed E-state index contributed by atoms with van der Waals surface area (Å²) < 4.78 is 12.7. The molecule has 2 aromatic carbocycles. The predicted octanol–water partition coefficient (Wildman–Crippen LogP) is 6.85. The molecule has 0 saturated heterocycles. The third-order valence-electron chi connectivity index (χ3n) is 6.27. The molecule has 0 aliphatic carbocycles. The Morgan fingerprint density at radius 2 is 1.47 bits per heavy atom. The highest BCUT2D eigenvalue weighted by atomic mass is 16.5. The lowest BCUT2D eigenvalue weighted by molar-refractivity contribution is -0.904. The fraction of sp³-hybridized carbons (Fsp3) is 0.586. The van der Waals surface area contributed by atoms with E-state index in [2.05, 4.69) is 103 Å². The Morgan fingerprint density at radius 3 is 2.09 bits per heavy atom. The second-order valence-corrected chi connectivity index (χ2v) is 11.3. The van der Waals surface area contributed by atoms with Gasteiger partial charge in [0.05, 0.1) is 27.3 Å². The van der Waals surface area contributed by atoms with E-state index in [9.17, 15) is 0 Å². The molecule has 0 N–H and O–H groups in total. The average Bonchev–Trinajstić information content (AvgIpc) is 2.70. The van der Waals surface area contributed by atoms with E-state index in [1.807, 2.05) is 0 Å². The zero-order chi connectivity index (χ0) is 23.7. The standard InChI is InChI=1S/C29H46NO2/c1-8-18-28(2,3)24-29(4,5)26-14-16-27(17-15-26)32-22-21-31-20-19-30(6,7)23-25-12-10-9-11-13-25/h9-17H,8,18-24H2,1-7H3/q+1. The molecule has 0 aliphatic rings. The normalized spacial score (nSPS) is 12.7. The van der Waals surface area contributed by atoms with Crippen molar-refractivity contribution in [2.24, 2.45) is 5.41 Å². The molecule has 2 rings (SSSR count). The van der Waals surface area contributed by atoms with Crippen LogP contribution in [0.25, 0.3) is 0 Å². The molecule has 32 heavy (non-hydrogen) atoms. The van der Waals surface area contributed by atoms with Crippen molar-refractivity contribution in [2.45, 2.75) is 65.8 Å². The van der Waals surface area contributed by atoms with Crippen molar-refractivity contribution in [3.05, 3.63) is 65.7 Å². The Hall–Kier alpha value is -1.84. The summed E-state index contributed by atoms with van der Waals surface area (Å²) in [5, 5.41) is 0. The van der Waals surface area contributed by atoms with Gasteiger partial charge in [-0.05, 0) is 41.4 Å². The van der Waals surface area contributed by atoms with E-state index in [1.165, 1.54) is 30.4 Å². The molecule has 0 atom stereocenters. The number of likely N-dealkylation sites (N-methyl/N-ethyl adjacent to an activating group) is 1. The lowest BCUT2D eigenvalue weighted by Crippen LogP contribution is -2.41. The summed E-state index contributed by atoms with van der Waals surface area (Å²) in [6.45, 7) is 15.7. The van der Waals surface area contributed by atoms with Crippen LogP contribution in [0.2, 0.25) is 0 Å². The molecule has 0 heterocycles. The molecule has 178 valence electrons. The number of hydrogen-bond acceptors (Lipinski definition) is 2. The number of ether oxygens (including phenoxy) is 2. The van der Waals surface area contributed by atoms with Gasteiger partial charge in [-0.15, -0.1) is 0 Å². The first kappa shape index (κ1) is 26.4. The van der Waals surface area contributed by atoms with Crippen molar-refractivity contribution < 1.29 is 14.0 Å². The van der Waals surface area contributed by atoms with Crippen LogP contribution < -0.4 is 4.74 Å². The minimum absolute atomic E-state index is 0.158. The lowest BCUT2D eigenvalue weighted by Gasteiger charge is -2.35. The topological polar surface area (TPSA) is 18.5 Å². The molecule has 0 bridgehead atoms. The van der Waals surface area contributed by atoms with Crippen LogP contribution in [0.3, 0.4) is 0 Å². The van der Waals surface area contributed by atoms with E-state index >= 15 is 0 Å². The summed E-state index contributed by atoms with van der Waals surface area (Å²) >= 11 is 0. The molecule has 3 heteroatoms.